The lowest BCUT2D eigenvalue weighted by Gasteiger charge is -2.14. The number of hydrogen-bond acceptors (Lipinski definition) is 4. The Kier molecular flexibility index (Phi) is 5.74. The van der Waals surface area contributed by atoms with Gasteiger partial charge in [-0.1, -0.05) is 48.9 Å². The van der Waals surface area contributed by atoms with Crippen LogP contribution in [-0.4, -0.2) is 28.8 Å². The summed E-state index contributed by atoms with van der Waals surface area (Å²) in [4.78, 5) is 17.1. The summed E-state index contributed by atoms with van der Waals surface area (Å²) in [6, 6.07) is 5.91. The van der Waals surface area contributed by atoms with Gasteiger partial charge in [-0.2, -0.15) is 0 Å². The summed E-state index contributed by atoms with van der Waals surface area (Å²) in [6.07, 6.45) is 1.21. The molecule has 0 saturated carbocycles. The van der Waals surface area contributed by atoms with E-state index >= 15 is 0 Å². The molecule has 0 aliphatic heterocycles. The number of thiazole rings is 1. The Morgan fingerprint density at radius 2 is 2.09 bits per heavy atom. The molecule has 6 heteroatoms. The van der Waals surface area contributed by atoms with Gasteiger partial charge in [-0.25, -0.2) is 9.78 Å². The van der Waals surface area contributed by atoms with Gasteiger partial charge in [-0.15, -0.1) is 0 Å². The molecule has 0 spiro atoms. The van der Waals surface area contributed by atoms with Gasteiger partial charge in [0, 0.05) is 12.7 Å². The molecule has 5 nitrogen and oxygen atoms in total. The molecule has 0 radical (unpaired) electrons. The summed E-state index contributed by atoms with van der Waals surface area (Å²) in [5.41, 5.74) is 3.53. The van der Waals surface area contributed by atoms with Crippen LogP contribution in [0.2, 0.25) is 0 Å². The maximum Gasteiger partial charge on any atom is 0.321 e. The highest BCUT2D eigenvalue weighted by atomic mass is 32.1. The summed E-state index contributed by atoms with van der Waals surface area (Å²) >= 11 is 1.43. The van der Waals surface area contributed by atoms with Crippen LogP contribution in [0.5, 0.6) is 0 Å². The van der Waals surface area contributed by atoms with Crippen molar-refractivity contribution in [3.63, 3.8) is 0 Å². The normalized spacial score (nSPS) is 12.3. The lowest BCUT2D eigenvalue weighted by molar-refractivity contribution is 0.126. The number of amides is 2. The van der Waals surface area contributed by atoms with Gasteiger partial charge in [-0.05, 0) is 30.9 Å². The van der Waals surface area contributed by atoms with Crippen LogP contribution in [0.25, 0.3) is 10.4 Å². The minimum Gasteiger partial charge on any atom is -0.391 e. The lowest BCUT2D eigenvalue weighted by atomic mass is 10.1. The van der Waals surface area contributed by atoms with Crippen molar-refractivity contribution in [2.75, 3.05) is 11.9 Å². The third kappa shape index (κ3) is 4.77. The van der Waals surface area contributed by atoms with Gasteiger partial charge in [0.05, 0.1) is 11.0 Å². The summed E-state index contributed by atoms with van der Waals surface area (Å²) in [7, 11) is 0. The molecule has 23 heavy (non-hydrogen) atoms. The maximum absolute atomic E-state index is 11.8. The standard InChI is InChI=1S/C17H23N3O2S/c1-10(2)14(21)8-18-16(22)20-17-19-9-15(23-17)13-6-5-11(3)7-12(13)4/h5-7,9-10,14,21H,8H2,1-4H3,(H2,18,19,20,22)/t14-/m0/s1. The molecule has 1 atom stereocenters. The fraction of sp³-hybridized carbons (Fsp3) is 0.412. The van der Waals surface area contributed by atoms with Crippen LogP contribution in [0.1, 0.15) is 25.0 Å². The zero-order valence-corrected chi connectivity index (χ0v) is 14.7. The van der Waals surface area contributed by atoms with Crippen molar-refractivity contribution >= 4 is 22.5 Å². The fourth-order valence-corrected chi connectivity index (χ4v) is 3.02. The number of benzene rings is 1. The van der Waals surface area contributed by atoms with E-state index in [2.05, 4.69) is 47.7 Å². The van der Waals surface area contributed by atoms with Crippen molar-refractivity contribution < 1.29 is 9.90 Å². The first-order valence-corrected chi connectivity index (χ1v) is 8.45. The molecule has 0 saturated heterocycles. The minimum absolute atomic E-state index is 0.103. The molecule has 0 aliphatic carbocycles. The summed E-state index contributed by atoms with van der Waals surface area (Å²) < 4.78 is 0. The first-order chi connectivity index (χ1) is 10.9. The lowest BCUT2D eigenvalue weighted by Crippen LogP contribution is -2.37. The van der Waals surface area contributed by atoms with Gasteiger partial charge in [0.1, 0.15) is 0 Å². The molecule has 2 amide bonds. The molecule has 1 aromatic carbocycles. The van der Waals surface area contributed by atoms with E-state index in [1.807, 2.05) is 13.8 Å². The van der Waals surface area contributed by atoms with E-state index in [0.29, 0.717) is 5.13 Å². The number of aryl methyl sites for hydroxylation is 2. The average molecular weight is 333 g/mol. The quantitative estimate of drug-likeness (QED) is 0.783. The molecular weight excluding hydrogens is 310 g/mol. The smallest absolute Gasteiger partial charge is 0.321 e. The largest absolute Gasteiger partial charge is 0.391 e. The summed E-state index contributed by atoms with van der Waals surface area (Å²) in [6.45, 7) is 8.16. The predicted molar refractivity (Wildman–Crippen MR) is 94.9 cm³/mol. The van der Waals surface area contributed by atoms with E-state index in [0.717, 1.165) is 10.4 Å². The van der Waals surface area contributed by atoms with Crippen molar-refractivity contribution in [3.05, 3.63) is 35.5 Å². The number of hydrogen-bond donors (Lipinski definition) is 3. The Labute approximate surface area is 140 Å². The van der Waals surface area contributed by atoms with Crippen LogP contribution in [0.3, 0.4) is 0 Å². The number of anilines is 1. The zero-order valence-electron chi connectivity index (χ0n) is 13.9. The Morgan fingerprint density at radius 3 is 2.74 bits per heavy atom. The highest BCUT2D eigenvalue weighted by Gasteiger charge is 2.12. The van der Waals surface area contributed by atoms with E-state index in [9.17, 15) is 9.90 Å². The van der Waals surface area contributed by atoms with Crippen molar-refractivity contribution in [3.8, 4) is 10.4 Å². The first kappa shape index (κ1) is 17.4. The predicted octanol–water partition coefficient (Wildman–Crippen LogP) is 3.57. The molecule has 3 N–H and O–H groups in total. The van der Waals surface area contributed by atoms with Gasteiger partial charge >= 0.3 is 6.03 Å². The van der Waals surface area contributed by atoms with Crippen LogP contribution in [0.15, 0.2) is 24.4 Å². The molecule has 2 rings (SSSR count). The molecule has 0 fully saturated rings. The SMILES string of the molecule is Cc1ccc(-c2cnc(NC(=O)NC[C@H](O)C(C)C)s2)c(C)c1. The van der Waals surface area contributed by atoms with Gasteiger partial charge in [-0.3, -0.25) is 5.32 Å². The second-order valence-electron chi connectivity index (χ2n) is 5.99. The Balaban J connectivity index is 1.98. The number of nitrogens with one attached hydrogen (secondary N) is 2. The number of urea groups is 1. The van der Waals surface area contributed by atoms with Gasteiger partial charge < -0.3 is 10.4 Å². The first-order valence-electron chi connectivity index (χ1n) is 7.63. The molecular formula is C17H23N3O2S. The van der Waals surface area contributed by atoms with Crippen LogP contribution >= 0.6 is 11.3 Å². The topological polar surface area (TPSA) is 74.2 Å². The van der Waals surface area contributed by atoms with Gasteiger partial charge in [0.25, 0.3) is 0 Å². The number of rotatable bonds is 5. The Morgan fingerprint density at radius 1 is 1.35 bits per heavy atom. The second kappa shape index (κ2) is 7.57. The van der Waals surface area contributed by atoms with E-state index in [1.165, 1.54) is 22.5 Å². The van der Waals surface area contributed by atoms with Crippen molar-refractivity contribution in [1.29, 1.82) is 0 Å². The number of nitrogens with zero attached hydrogens (tertiary/aromatic N) is 1. The van der Waals surface area contributed by atoms with Gasteiger partial charge in [0.15, 0.2) is 5.13 Å². The average Bonchev–Trinajstić information content (AvgIpc) is 2.92. The fourth-order valence-electron chi connectivity index (χ4n) is 2.12. The molecule has 1 heterocycles. The minimum atomic E-state index is -0.553. The molecule has 0 aliphatic rings. The highest BCUT2D eigenvalue weighted by molar-refractivity contribution is 7.19. The number of aliphatic hydroxyl groups is 1. The summed E-state index contributed by atoms with van der Waals surface area (Å²) in [5, 5.41) is 15.6. The van der Waals surface area contributed by atoms with Crippen LogP contribution in [0.4, 0.5) is 9.93 Å². The second-order valence-corrected chi connectivity index (χ2v) is 7.03. The zero-order chi connectivity index (χ0) is 17.0. The molecule has 0 bridgehead atoms. The maximum atomic E-state index is 11.8. The van der Waals surface area contributed by atoms with Crippen molar-refractivity contribution in [1.82, 2.24) is 10.3 Å². The van der Waals surface area contributed by atoms with E-state index in [4.69, 9.17) is 0 Å². The Hall–Kier alpha value is -1.92. The molecule has 124 valence electrons. The third-order valence-corrected chi connectivity index (χ3v) is 4.56. The van der Waals surface area contributed by atoms with Gasteiger partial charge in [0.2, 0.25) is 0 Å². The molecule has 2 aromatic rings. The third-order valence-electron chi connectivity index (χ3n) is 3.61. The number of aliphatic hydroxyl groups excluding tert-OH is 1. The number of carbonyl (C=O) groups excluding carboxylic acids is 1. The Bertz CT molecular complexity index is 682. The van der Waals surface area contributed by atoms with Crippen LogP contribution < -0.4 is 10.6 Å². The monoisotopic (exact) mass is 333 g/mol. The number of aromatic nitrogens is 1. The van der Waals surface area contributed by atoms with Crippen molar-refractivity contribution in [2.24, 2.45) is 5.92 Å². The number of carbonyl (C=O) groups is 1. The van der Waals surface area contributed by atoms with E-state index in [-0.39, 0.29) is 18.5 Å². The van der Waals surface area contributed by atoms with E-state index in [1.54, 1.807) is 6.20 Å². The highest BCUT2D eigenvalue weighted by Crippen LogP contribution is 2.31. The van der Waals surface area contributed by atoms with Crippen LogP contribution in [-0.2, 0) is 0 Å². The van der Waals surface area contributed by atoms with Crippen molar-refractivity contribution in [2.45, 2.75) is 33.8 Å². The summed E-state index contributed by atoms with van der Waals surface area (Å²) in [5.74, 6) is 0.103. The van der Waals surface area contributed by atoms with Crippen LogP contribution in [0, 0.1) is 19.8 Å². The van der Waals surface area contributed by atoms with E-state index < -0.39 is 6.10 Å². The molecule has 1 aromatic heterocycles. The molecule has 0 unspecified atom stereocenters.